The molecule has 4 N–H and O–H groups in total. The van der Waals surface area contributed by atoms with Crippen LogP contribution in [0.4, 0.5) is 0 Å². The standard InChI is InChI=1S/C9H11N3O2.C9H19N/c13-9(12-14)7-3-6-1-2-10-5-8(6)11-4-7;1-10-8-3-2-5-9-6-4-7-9/h3-4,10,14H,1-2,5H2,(H,12,13);9-10H,2-8H2,1H3. The molecule has 0 atom stereocenters. The van der Waals surface area contributed by atoms with Crippen LogP contribution in [0.1, 0.15) is 60.1 Å². The zero-order valence-corrected chi connectivity index (χ0v) is 14.6. The average Bonchev–Trinajstić information content (AvgIpc) is 2.59. The van der Waals surface area contributed by atoms with Gasteiger partial charge >= 0.3 is 0 Å². The van der Waals surface area contributed by atoms with Crippen molar-refractivity contribution in [3.05, 3.63) is 29.1 Å². The predicted molar refractivity (Wildman–Crippen MR) is 94.0 cm³/mol. The van der Waals surface area contributed by atoms with E-state index in [1.807, 2.05) is 7.05 Å². The Morgan fingerprint density at radius 2 is 2.25 bits per heavy atom. The number of carbonyl (C=O) groups is 1. The SMILES string of the molecule is CNCCCCC1CCC1.O=C(NO)c1cnc2c(c1)CCNC2. The van der Waals surface area contributed by atoms with Crippen LogP contribution < -0.4 is 16.1 Å². The third-order valence-corrected chi connectivity index (χ3v) is 4.80. The predicted octanol–water partition coefficient (Wildman–Crippen LogP) is 2.02. The molecule has 1 saturated carbocycles. The zero-order valence-electron chi connectivity index (χ0n) is 14.6. The van der Waals surface area contributed by atoms with Gasteiger partial charge in [-0.3, -0.25) is 15.0 Å². The molecule has 2 aliphatic rings. The van der Waals surface area contributed by atoms with Gasteiger partial charge < -0.3 is 10.6 Å². The van der Waals surface area contributed by atoms with Crippen molar-refractivity contribution in [3.63, 3.8) is 0 Å². The number of carbonyl (C=O) groups excluding carboxylic acids is 1. The normalized spacial score (nSPS) is 16.4. The van der Waals surface area contributed by atoms with Gasteiger partial charge in [-0.25, -0.2) is 5.48 Å². The van der Waals surface area contributed by atoms with Crippen molar-refractivity contribution in [2.75, 3.05) is 20.1 Å². The Bertz CT molecular complexity index is 518. The molecule has 0 spiro atoms. The highest BCUT2D eigenvalue weighted by molar-refractivity contribution is 5.93. The van der Waals surface area contributed by atoms with Crippen LogP contribution in [-0.4, -0.2) is 36.2 Å². The quantitative estimate of drug-likeness (QED) is 0.363. The Kier molecular flexibility index (Phi) is 8.15. The monoisotopic (exact) mass is 334 g/mol. The summed E-state index contributed by atoms with van der Waals surface area (Å²) in [7, 11) is 2.03. The summed E-state index contributed by atoms with van der Waals surface area (Å²) in [6.07, 6.45) is 11.2. The van der Waals surface area contributed by atoms with Crippen molar-refractivity contribution in [1.82, 2.24) is 21.1 Å². The number of hydrogen-bond donors (Lipinski definition) is 4. The lowest BCUT2D eigenvalue weighted by molar-refractivity contribution is 0.0705. The lowest BCUT2D eigenvalue weighted by Gasteiger charge is -2.24. The fourth-order valence-electron chi connectivity index (χ4n) is 3.05. The number of hydroxylamine groups is 1. The van der Waals surface area contributed by atoms with Crippen LogP contribution in [0, 0.1) is 5.92 Å². The summed E-state index contributed by atoms with van der Waals surface area (Å²) in [6.45, 7) is 2.85. The number of nitrogens with one attached hydrogen (secondary N) is 3. The number of unbranched alkanes of at least 4 members (excludes halogenated alkanes) is 1. The molecule has 1 aromatic rings. The van der Waals surface area contributed by atoms with Crippen LogP contribution in [0.25, 0.3) is 0 Å². The third-order valence-electron chi connectivity index (χ3n) is 4.80. The van der Waals surface area contributed by atoms with E-state index in [1.54, 1.807) is 11.5 Å². The molecule has 0 unspecified atom stereocenters. The Balaban J connectivity index is 0.000000185. The van der Waals surface area contributed by atoms with Gasteiger partial charge in [0.1, 0.15) is 0 Å². The summed E-state index contributed by atoms with van der Waals surface area (Å²) in [5, 5.41) is 14.8. The molecule has 1 fully saturated rings. The zero-order chi connectivity index (χ0) is 17.2. The van der Waals surface area contributed by atoms with Gasteiger partial charge in [-0.1, -0.05) is 32.1 Å². The first-order chi connectivity index (χ1) is 11.7. The smallest absolute Gasteiger partial charge is 0.276 e. The lowest BCUT2D eigenvalue weighted by Crippen LogP contribution is -2.26. The lowest BCUT2D eigenvalue weighted by atomic mass is 9.82. The third kappa shape index (κ3) is 5.85. The molecule has 0 radical (unpaired) electrons. The van der Waals surface area contributed by atoms with Crippen LogP contribution in [0.15, 0.2) is 12.3 Å². The molecule has 1 aromatic heterocycles. The molecule has 2 heterocycles. The number of hydrogen-bond acceptors (Lipinski definition) is 5. The van der Waals surface area contributed by atoms with Crippen molar-refractivity contribution >= 4 is 5.91 Å². The molecule has 6 heteroatoms. The fraction of sp³-hybridized carbons (Fsp3) is 0.667. The largest absolute Gasteiger partial charge is 0.320 e. The van der Waals surface area contributed by atoms with E-state index in [0.29, 0.717) is 5.56 Å². The van der Waals surface area contributed by atoms with Crippen LogP contribution in [0.3, 0.4) is 0 Å². The van der Waals surface area contributed by atoms with Gasteiger partial charge in [0.25, 0.3) is 5.91 Å². The van der Waals surface area contributed by atoms with Crippen molar-refractivity contribution in [3.8, 4) is 0 Å². The van der Waals surface area contributed by atoms with Crippen molar-refractivity contribution in [1.29, 1.82) is 0 Å². The van der Waals surface area contributed by atoms with E-state index >= 15 is 0 Å². The first kappa shape index (κ1) is 18.8. The summed E-state index contributed by atoms with van der Waals surface area (Å²) in [5.41, 5.74) is 4.04. The number of rotatable bonds is 6. The first-order valence-electron chi connectivity index (χ1n) is 9.02. The molecule has 24 heavy (non-hydrogen) atoms. The summed E-state index contributed by atoms with van der Waals surface area (Å²) in [5.74, 6) is 0.593. The first-order valence-corrected chi connectivity index (χ1v) is 9.02. The highest BCUT2D eigenvalue weighted by Crippen LogP contribution is 2.30. The van der Waals surface area contributed by atoms with Crippen LogP contribution in [0.5, 0.6) is 0 Å². The van der Waals surface area contributed by atoms with E-state index in [1.165, 1.54) is 51.3 Å². The minimum atomic E-state index is -0.515. The van der Waals surface area contributed by atoms with Gasteiger partial charge in [-0.2, -0.15) is 0 Å². The molecule has 0 aromatic carbocycles. The summed E-state index contributed by atoms with van der Waals surface area (Å²) in [4.78, 5) is 15.2. The number of aromatic nitrogens is 1. The van der Waals surface area contributed by atoms with Gasteiger partial charge in [0.05, 0.1) is 11.3 Å². The molecule has 0 saturated heterocycles. The van der Waals surface area contributed by atoms with Crippen molar-refractivity contribution in [2.24, 2.45) is 5.92 Å². The molecule has 1 amide bonds. The maximum Gasteiger partial charge on any atom is 0.276 e. The maximum atomic E-state index is 11.1. The van der Waals surface area contributed by atoms with Crippen LogP contribution >= 0.6 is 0 Å². The molecule has 0 bridgehead atoms. The molecular formula is C18H30N4O2. The number of nitrogens with zero attached hydrogens (tertiary/aromatic N) is 1. The second-order valence-electron chi connectivity index (χ2n) is 6.59. The minimum Gasteiger partial charge on any atom is -0.320 e. The van der Waals surface area contributed by atoms with E-state index in [0.717, 1.165) is 36.7 Å². The minimum absolute atomic E-state index is 0.396. The van der Waals surface area contributed by atoms with Crippen molar-refractivity contribution < 1.29 is 10.0 Å². The Labute approximate surface area is 144 Å². The van der Waals surface area contributed by atoms with E-state index in [4.69, 9.17) is 5.21 Å². The van der Waals surface area contributed by atoms with Crippen LogP contribution in [-0.2, 0) is 13.0 Å². The van der Waals surface area contributed by atoms with Gasteiger partial charge in [0.15, 0.2) is 0 Å². The van der Waals surface area contributed by atoms with E-state index in [9.17, 15) is 4.79 Å². The molecular weight excluding hydrogens is 304 g/mol. The number of amides is 1. The molecule has 3 rings (SSSR count). The molecule has 6 nitrogen and oxygen atoms in total. The van der Waals surface area contributed by atoms with E-state index in [-0.39, 0.29) is 0 Å². The van der Waals surface area contributed by atoms with Crippen molar-refractivity contribution in [2.45, 2.75) is 51.5 Å². The van der Waals surface area contributed by atoms with Gasteiger partial charge in [-0.15, -0.1) is 0 Å². The van der Waals surface area contributed by atoms with Gasteiger partial charge in [-0.05, 0) is 50.5 Å². The van der Waals surface area contributed by atoms with E-state index in [2.05, 4.69) is 15.6 Å². The number of pyridine rings is 1. The second-order valence-corrected chi connectivity index (χ2v) is 6.59. The number of fused-ring (bicyclic) bond motifs is 1. The topological polar surface area (TPSA) is 86.3 Å². The summed E-state index contributed by atoms with van der Waals surface area (Å²) < 4.78 is 0. The highest BCUT2D eigenvalue weighted by Gasteiger charge is 2.16. The molecule has 134 valence electrons. The Morgan fingerprint density at radius 3 is 2.92 bits per heavy atom. The summed E-state index contributed by atoms with van der Waals surface area (Å²) in [6, 6.07) is 1.77. The van der Waals surface area contributed by atoms with E-state index < -0.39 is 5.91 Å². The van der Waals surface area contributed by atoms with Gasteiger partial charge in [0.2, 0.25) is 0 Å². The van der Waals surface area contributed by atoms with Gasteiger partial charge in [0, 0.05) is 12.7 Å². The fourth-order valence-corrected chi connectivity index (χ4v) is 3.05. The Morgan fingerprint density at radius 1 is 1.42 bits per heavy atom. The Hall–Kier alpha value is -1.50. The maximum absolute atomic E-state index is 11.1. The second kappa shape index (κ2) is 10.4. The molecule has 1 aliphatic carbocycles. The van der Waals surface area contributed by atoms with Crippen LogP contribution in [0.2, 0.25) is 0 Å². The average molecular weight is 334 g/mol. The highest BCUT2D eigenvalue weighted by atomic mass is 16.5. The summed E-state index contributed by atoms with van der Waals surface area (Å²) >= 11 is 0. The molecule has 1 aliphatic heterocycles.